The van der Waals surface area contributed by atoms with E-state index in [4.69, 9.17) is 4.74 Å². The number of aliphatic hydroxyl groups is 1. The number of hydrogen-bond donors (Lipinski definition) is 2. The molecule has 0 aromatic heterocycles. The Morgan fingerprint density at radius 3 is 2.39 bits per heavy atom. The molecule has 2 aromatic carbocycles. The number of alkyl halides is 2. The van der Waals surface area contributed by atoms with Crippen molar-refractivity contribution >= 4 is 29.9 Å². The van der Waals surface area contributed by atoms with Crippen molar-refractivity contribution in [3.63, 3.8) is 0 Å². The summed E-state index contributed by atoms with van der Waals surface area (Å²) in [5, 5.41) is 13.3. The van der Waals surface area contributed by atoms with Crippen molar-refractivity contribution in [3.05, 3.63) is 65.7 Å². The molecule has 0 radical (unpaired) electrons. The Bertz CT molecular complexity index is 764. The van der Waals surface area contributed by atoms with Gasteiger partial charge in [0.1, 0.15) is 5.75 Å². The van der Waals surface area contributed by atoms with Gasteiger partial charge in [0.15, 0.2) is 5.96 Å². The van der Waals surface area contributed by atoms with E-state index in [9.17, 15) is 13.9 Å². The zero-order valence-corrected chi connectivity index (χ0v) is 20.0. The van der Waals surface area contributed by atoms with Gasteiger partial charge < -0.3 is 24.8 Å². The molecule has 31 heavy (non-hydrogen) atoms. The summed E-state index contributed by atoms with van der Waals surface area (Å²) in [6.07, 6.45) is -0.721. The van der Waals surface area contributed by atoms with Crippen molar-refractivity contribution in [3.8, 4) is 5.75 Å². The average Bonchev–Trinajstić information content (AvgIpc) is 2.73. The van der Waals surface area contributed by atoms with Gasteiger partial charge in [0.2, 0.25) is 0 Å². The molecule has 1 unspecified atom stereocenters. The third-order valence-electron chi connectivity index (χ3n) is 4.14. The molecule has 6 nitrogen and oxygen atoms in total. The van der Waals surface area contributed by atoms with Crippen LogP contribution in [0.2, 0.25) is 0 Å². The lowest BCUT2D eigenvalue weighted by Crippen LogP contribution is -2.39. The Labute approximate surface area is 199 Å². The minimum absolute atomic E-state index is 0. The maximum atomic E-state index is 12.3. The van der Waals surface area contributed by atoms with Crippen LogP contribution in [0.1, 0.15) is 18.1 Å². The van der Waals surface area contributed by atoms with Crippen LogP contribution < -0.4 is 10.1 Å². The minimum atomic E-state index is -2.84. The largest absolute Gasteiger partial charge is 0.435 e. The number of rotatable bonds is 11. The lowest BCUT2D eigenvalue weighted by molar-refractivity contribution is -0.0498. The Morgan fingerprint density at radius 1 is 1.10 bits per heavy atom. The van der Waals surface area contributed by atoms with Crippen LogP contribution in [0.5, 0.6) is 5.75 Å². The number of aliphatic hydroxyl groups excluding tert-OH is 1. The molecule has 172 valence electrons. The Kier molecular flexibility index (Phi) is 13.0. The zero-order valence-electron chi connectivity index (χ0n) is 17.7. The van der Waals surface area contributed by atoms with Crippen LogP contribution in [0.4, 0.5) is 8.78 Å². The maximum Gasteiger partial charge on any atom is 0.387 e. The summed E-state index contributed by atoms with van der Waals surface area (Å²) >= 11 is 0. The van der Waals surface area contributed by atoms with Crippen molar-refractivity contribution in [2.75, 3.05) is 26.7 Å². The van der Waals surface area contributed by atoms with Crippen LogP contribution in [0.15, 0.2) is 59.6 Å². The minimum Gasteiger partial charge on any atom is -0.435 e. The summed E-state index contributed by atoms with van der Waals surface area (Å²) in [7, 11) is 1.86. The van der Waals surface area contributed by atoms with Crippen LogP contribution in [0.25, 0.3) is 0 Å². The average molecular weight is 549 g/mol. The number of benzene rings is 2. The van der Waals surface area contributed by atoms with Gasteiger partial charge in [-0.05, 0) is 30.2 Å². The standard InChI is InChI=1S/C22H29F2N3O3.HI/c1-3-25-22(26-13-19(28)16-29-15-18-7-5-4-6-8-18)27(2)14-17-9-11-20(12-10-17)30-21(23)24;/h4-12,19,21,28H,3,13-16H2,1-2H3,(H,25,26);1H. The lowest BCUT2D eigenvalue weighted by Gasteiger charge is -2.23. The van der Waals surface area contributed by atoms with Crippen LogP contribution in [0.3, 0.4) is 0 Å². The maximum absolute atomic E-state index is 12.3. The van der Waals surface area contributed by atoms with Crippen molar-refractivity contribution in [2.24, 2.45) is 4.99 Å². The van der Waals surface area contributed by atoms with E-state index in [-0.39, 0.29) is 42.9 Å². The van der Waals surface area contributed by atoms with Gasteiger partial charge in [-0.25, -0.2) is 0 Å². The van der Waals surface area contributed by atoms with Crippen LogP contribution in [-0.4, -0.2) is 55.4 Å². The summed E-state index contributed by atoms with van der Waals surface area (Å²) < 4.78 is 34.4. The highest BCUT2D eigenvalue weighted by Gasteiger charge is 2.10. The molecule has 2 aromatic rings. The molecule has 0 amide bonds. The first kappa shape index (κ1) is 27.1. The molecule has 0 aliphatic rings. The van der Waals surface area contributed by atoms with Crippen LogP contribution in [0, 0.1) is 0 Å². The molecule has 0 heterocycles. The molecule has 2 N–H and O–H groups in total. The van der Waals surface area contributed by atoms with E-state index >= 15 is 0 Å². The van der Waals surface area contributed by atoms with Crippen molar-refractivity contribution < 1.29 is 23.4 Å². The molecule has 0 saturated heterocycles. The molecule has 0 saturated carbocycles. The number of hydrogen-bond acceptors (Lipinski definition) is 4. The number of guanidine groups is 1. The predicted octanol–water partition coefficient (Wildman–Crippen LogP) is 3.88. The quantitative estimate of drug-likeness (QED) is 0.253. The summed E-state index contributed by atoms with van der Waals surface area (Å²) in [6.45, 7) is 1.13. The van der Waals surface area contributed by atoms with Gasteiger partial charge >= 0.3 is 6.61 Å². The van der Waals surface area contributed by atoms with Gasteiger partial charge in [0.25, 0.3) is 0 Å². The van der Waals surface area contributed by atoms with Gasteiger partial charge in [0, 0.05) is 20.1 Å². The van der Waals surface area contributed by atoms with E-state index in [1.807, 2.05) is 49.2 Å². The van der Waals surface area contributed by atoms with Crippen molar-refractivity contribution in [1.82, 2.24) is 10.2 Å². The fraction of sp³-hybridized carbons (Fsp3) is 0.409. The van der Waals surface area contributed by atoms with Crippen molar-refractivity contribution in [1.29, 1.82) is 0 Å². The Hall–Kier alpha value is -1.98. The second kappa shape index (κ2) is 14.9. The lowest BCUT2D eigenvalue weighted by atomic mass is 10.2. The van der Waals surface area contributed by atoms with Gasteiger partial charge in [0.05, 0.1) is 25.9 Å². The molecule has 0 fully saturated rings. The summed E-state index contributed by atoms with van der Waals surface area (Å²) in [4.78, 5) is 6.36. The van der Waals surface area contributed by atoms with E-state index in [2.05, 4.69) is 15.0 Å². The highest BCUT2D eigenvalue weighted by atomic mass is 127. The first-order chi connectivity index (χ1) is 14.5. The molecule has 0 aliphatic heterocycles. The van der Waals surface area contributed by atoms with Gasteiger partial charge in [-0.1, -0.05) is 42.5 Å². The van der Waals surface area contributed by atoms with Crippen LogP contribution >= 0.6 is 24.0 Å². The molecular weight excluding hydrogens is 519 g/mol. The molecule has 0 bridgehead atoms. The molecule has 0 aliphatic carbocycles. The highest BCUT2D eigenvalue weighted by Crippen LogP contribution is 2.15. The summed E-state index contributed by atoms with van der Waals surface area (Å²) in [5.74, 6) is 0.753. The molecule has 0 spiro atoms. The molecule has 1 atom stereocenters. The third kappa shape index (κ3) is 10.7. The predicted molar refractivity (Wildman–Crippen MR) is 128 cm³/mol. The van der Waals surface area contributed by atoms with Crippen LogP contribution in [-0.2, 0) is 17.9 Å². The van der Waals surface area contributed by atoms with E-state index < -0.39 is 12.7 Å². The summed E-state index contributed by atoms with van der Waals surface area (Å²) in [5.41, 5.74) is 1.96. The third-order valence-corrected chi connectivity index (χ3v) is 4.14. The molecule has 9 heteroatoms. The van der Waals surface area contributed by atoms with Gasteiger partial charge in [-0.2, -0.15) is 8.78 Å². The normalized spacial score (nSPS) is 12.3. The zero-order chi connectivity index (χ0) is 21.8. The fourth-order valence-corrected chi connectivity index (χ4v) is 2.73. The fourth-order valence-electron chi connectivity index (χ4n) is 2.73. The topological polar surface area (TPSA) is 66.3 Å². The number of aliphatic imine (C=N–C) groups is 1. The van der Waals surface area contributed by atoms with E-state index in [1.54, 1.807) is 12.1 Å². The van der Waals surface area contributed by atoms with Gasteiger partial charge in [-0.15, -0.1) is 24.0 Å². The number of halogens is 3. The highest BCUT2D eigenvalue weighted by molar-refractivity contribution is 14.0. The smallest absolute Gasteiger partial charge is 0.387 e. The van der Waals surface area contributed by atoms with Crippen molar-refractivity contribution in [2.45, 2.75) is 32.8 Å². The molecule has 2 rings (SSSR count). The first-order valence-corrected chi connectivity index (χ1v) is 9.81. The first-order valence-electron chi connectivity index (χ1n) is 9.81. The summed E-state index contributed by atoms with van der Waals surface area (Å²) in [6, 6.07) is 16.2. The Balaban J connectivity index is 0.00000480. The number of nitrogens with zero attached hydrogens (tertiary/aromatic N) is 2. The number of nitrogens with one attached hydrogen (secondary N) is 1. The Morgan fingerprint density at radius 2 is 1.77 bits per heavy atom. The van der Waals surface area contributed by atoms with Gasteiger partial charge in [-0.3, -0.25) is 4.99 Å². The molecular formula is C22H30F2IN3O3. The number of ether oxygens (including phenoxy) is 2. The SMILES string of the molecule is CCNC(=NCC(O)COCc1ccccc1)N(C)Cc1ccc(OC(F)F)cc1.I. The van der Waals surface area contributed by atoms with E-state index in [0.717, 1.165) is 11.1 Å². The monoisotopic (exact) mass is 549 g/mol. The second-order valence-corrected chi connectivity index (χ2v) is 6.73. The van der Waals surface area contributed by atoms with E-state index in [0.29, 0.717) is 25.7 Å². The second-order valence-electron chi connectivity index (χ2n) is 6.73. The van der Waals surface area contributed by atoms with E-state index in [1.165, 1.54) is 12.1 Å².